The molecule has 30 heavy (non-hydrogen) atoms. The highest BCUT2D eigenvalue weighted by Gasteiger charge is 2.24. The molecule has 4 rings (SSSR count). The van der Waals surface area contributed by atoms with Gasteiger partial charge in [0.2, 0.25) is 5.91 Å². The van der Waals surface area contributed by atoms with Crippen molar-refractivity contribution < 1.29 is 4.79 Å². The second-order valence-corrected chi connectivity index (χ2v) is 8.69. The second-order valence-electron chi connectivity index (χ2n) is 7.83. The molecule has 2 aromatic heterocycles. The fraction of sp³-hybridized carbons (Fsp3) is 0.409. The Hall–Kier alpha value is -2.55. The quantitative estimate of drug-likeness (QED) is 0.655. The van der Waals surface area contributed by atoms with Crippen LogP contribution in [0.3, 0.4) is 0 Å². The molecule has 0 saturated carbocycles. The first-order valence-corrected chi connectivity index (χ1v) is 11.1. The van der Waals surface area contributed by atoms with Crippen molar-refractivity contribution in [2.45, 2.75) is 6.54 Å². The number of piperazine rings is 1. The molecule has 7 nitrogen and oxygen atoms in total. The summed E-state index contributed by atoms with van der Waals surface area (Å²) in [6, 6.07) is 10.4. The van der Waals surface area contributed by atoms with Gasteiger partial charge in [-0.25, -0.2) is 9.97 Å². The van der Waals surface area contributed by atoms with Crippen molar-refractivity contribution >= 4 is 33.3 Å². The van der Waals surface area contributed by atoms with Crippen molar-refractivity contribution in [1.82, 2.24) is 25.1 Å². The Labute approximate surface area is 181 Å². The number of hydrogen-bond acceptors (Lipinski definition) is 7. The van der Waals surface area contributed by atoms with E-state index in [1.807, 2.05) is 20.2 Å². The lowest BCUT2D eigenvalue weighted by Crippen LogP contribution is -2.49. The Kier molecular flexibility index (Phi) is 6.26. The van der Waals surface area contributed by atoms with E-state index in [9.17, 15) is 4.79 Å². The molecule has 3 heterocycles. The van der Waals surface area contributed by atoms with Gasteiger partial charge in [0, 0.05) is 44.2 Å². The normalized spacial score (nSPS) is 15.1. The maximum atomic E-state index is 11.7. The largest absolute Gasteiger partial charge is 0.358 e. The van der Waals surface area contributed by atoms with Crippen LogP contribution in [-0.2, 0) is 11.3 Å². The zero-order valence-corrected chi connectivity index (χ0v) is 18.6. The third-order valence-electron chi connectivity index (χ3n) is 5.32. The Balaban J connectivity index is 1.70. The van der Waals surface area contributed by atoms with E-state index in [1.54, 1.807) is 18.4 Å². The molecule has 0 bridgehead atoms. The lowest BCUT2D eigenvalue weighted by atomic mass is 10.1. The van der Waals surface area contributed by atoms with Crippen LogP contribution in [0.25, 0.3) is 21.3 Å². The molecule has 1 aliphatic heterocycles. The average Bonchev–Trinajstić information content (AvgIpc) is 3.18. The van der Waals surface area contributed by atoms with E-state index >= 15 is 0 Å². The maximum absolute atomic E-state index is 11.7. The number of amides is 1. The summed E-state index contributed by atoms with van der Waals surface area (Å²) in [4.78, 5) is 29.3. The van der Waals surface area contributed by atoms with Crippen LogP contribution < -0.4 is 10.2 Å². The van der Waals surface area contributed by atoms with E-state index in [-0.39, 0.29) is 5.91 Å². The summed E-state index contributed by atoms with van der Waals surface area (Å²) in [5, 5.41) is 6.04. The van der Waals surface area contributed by atoms with Crippen LogP contribution in [0.2, 0.25) is 0 Å². The molecule has 158 valence electrons. The molecule has 1 fully saturated rings. The lowest BCUT2D eigenvalue weighted by molar-refractivity contribution is -0.121. The van der Waals surface area contributed by atoms with Crippen LogP contribution in [-0.4, -0.2) is 79.5 Å². The number of nitrogens with zero attached hydrogens (tertiary/aromatic N) is 5. The van der Waals surface area contributed by atoms with E-state index in [0.717, 1.165) is 48.0 Å². The van der Waals surface area contributed by atoms with Gasteiger partial charge in [-0.1, -0.05) is 30.3 Å². The van der Waals surface area contributed by atoms with Crippen LogP contribution in [0.5, 0.6) is 0 Å². The topological polar surface area (TPSA) is 64.6 Å². The first-order chi connectivity index (χ1) is 14.5. The van der Waals surface area contributed by atoms with Crippen molar-refractivity contribution in [3.8, 4) is 11.1 Å². The summed E-state index contributed by atoms with van der Waals surface area (Å²) in [6.45, 7) is 4.52. The number of anilines is 1. The number of hydrogen-bond donors (Lipinski definition) is 1. The maximum Gasteiger partial charge on any atom is 0.233 e. The number of thiophene rings is 1. The number of rotatable bonds is 6. The van der Waals surface area contributed by atoms with E-state index in [0.29, 0.717) is 13.1 Å². The standard InChI is InChI=1S/C22H28N6OS/c1-23-19(29)14-27-9-11-28(12-10-27)21-20-17(16-7-5-4-6-8-16)15-30-22(20)25-18(24-21)13-26(2)3/h4-8,15H,9-14H2,1-3H3,(H,23,29). The van der Waals surface area contributed by atoms with Gasteiger partial charge in [-0.05, 0) is 19.7 Å². The van der Waals surface area contributed by atoms with Crippen molar-refractivity contribution in [1.29, 1.82) is 0 Å². The average molecular weight is 425 g/mol. The minimum Gasteiger partial charge on any atom is -0.358 e. The number of aromatic nitrogens is 2. The molecule has 1 amide bonds. The van der Waals surface area contributed by atoms with Crippen molar-refractivity contribution in [3.05, 3.63) is 41.5 Å². The Morgan fingerprint density at radius 1 is 1.13 bits per heavy atom. The van der Waals surface area contributed by atoms with Crippen LogP contribution in [0.15, 0.2) is 35.7 Å². The van der Waals surface area contributed by atoms with Crippen LogP contribution in [0, 0.1) is 0 Å². The Morgan fingerprint density at radius 2 is 1.87 bits per heavy atom. The number of fused-ring (bicyclic) bond motifs is 1. The van der Waals surface area contributed by atoms with Gasteiger partial charge in [0.1, 0.15) is 16.5 Å². The summed E-state index contributed by atoms with van der Waals surface area (Å²) in [5.74, 6) is 1.92. The van der Waals surface area contributed by atoms with Crippen LogP contribution >= 0.6 is 11.3 Å². The predicted octanol–water partition coefficient (Wildman–Crippen LogP) is 2.29. The minimum absolute atomic E-state index is 0.0605. The lowest BCUT2D eigenvalue weighted by Gasteiger charge is -2.35. The molecular formula is C22H28N6OS. The third-order valence-corrected chi connectivity index (χ3v) is 6.19. The minimum atomic E-state index is 0.0605. The summed E-state index contributed by atoms with van der Waals surface area (Å²) in [6.07, 6.45) is 0. The molecule has 1 N–H and O–H groups in total. The zero-order valence-electron chi connectivity index (χ0n) is 17.8. The molecule has 0 radical (unpaired) electrons. The van der Waals surface area contributed by atoms with E-state index in [4.69, 9.17) is 9.97 Å². The number of carbonyl (C=O) groups is 1. The molecule has 0 unspecified atom stereocenters. The highest BCUT2D eigenvalue weighted by Crippen LogP contribution is 2.38. The van der Waals surface area contributed by atoms with Crippen LogP contribution in [0.4, 0.5) is 5.82 Å². The monoisotopic (exact) mass is 424 g/mol. The molecule has 1 aliphatic rings. The fourth-order valence-electron chi connectivity index (χ4n) is 3.78. The highest BCUT2D eigenvalue weighted by atomic mass is 32.1. The van der Waals surface area contributed by atoms with Crippen molar-refractivity contribution in [2.24, 2.45) is 0 Å². The van der Waals surface area contributed by atoms with E-state index in [1.165, 1.54) is 11.1 Å². The van der Waals surface area contributed by atoms with Gasteiger partial charge < -0.3 is 15.1 Å². The molecule has 1 aromatic carbocycles. The first kappa shape index (κ1) is 20.7. The first-order valence-electron chi connectivity index (χ1n) is 10.2. The van der Waals surface area contributed by atoms with Gasteiger partial charge in [0.05, 0.1) is 18.5 Å². The Bertz CT molecular complexity index is 1010. The van der Waals surface area contributed by atoms with Gasteiger partial charge in [-0.3, -0.25) is 9.69 Å². The molecular weight excluding hydrogens is 396 g/mol. The molecule has 0 atom stereocenters. The molecule has 1 saturated heterocycles. The van der Waals surface area contributed by atoms with Gasteiger partial charge >= 0.3 is 0 Å². The number of benzene rings is 1. The summed E-state index contributed by atoms with van der Waals surface area (Å²) < 4.78 is 0. The Morgan fingerprint density at radius 3 is 2.53 bits per heavy atom. The van der Waals surface area contributed by atoms with E-state index < -0.39 is 0 Å². The third kappa shape index (κ3) is 4.45. The van der Waals surface area contributed by atoms with Gasteiger partial charge in [0.25, 0.3) is 0 Å². The second kappa shape index (κ2) is 9.07. The summed E-state index contributed by atoms with van der Waals surface area (Å²) in [5.41, 5.74) is 2.38. The molecule has 0 aliphatic carbocycles. The number of carbonyl (C=O) groups excluding carboxylic acids is 1. The molecule has 3 aromatic rings. The summed E-state index contributed by atoms with van der Waals surface area (Å²) >= 11 is 1.68. The van der Waals surface area contributed by atoms with Gasteiger partial charge in [-0.2, -0.15) is 0 Å². The SMILES string of the molecule is CNC(=O)CN1CCN(c2nc(CN(C)C)nc3scc(-c4ccccc4)c23)CC1. The predicted molar refractivity (Wildman–Crippen MR) is 123 cm³/mol. The van der Waals surface area contributed by atoms with Crippen molar-refractivity contribution in [3.63, 3.8) is 0 Å². The number of likely N-dealkylation sites (N-methyl/N-ethyl adjacent to an activating group) is 1. The smallest absolute Gasteiger partial charge is 0.233 e. The number of nitrogens with one attached hydrogen (secondary N) is 1. The van der Waals surface area contributed by atoms with E-state index in [2.05, 4.69) is 49.7 Å². The zero-order chi connectivity index (χ0) is 21.1. The molecule has 0 spiro atoms. The van der Waals surface area contributed by atoms with Gasteiger partial charge in [0.15, 0.2) is 0 Å². The van der Waals surface area contributed by atoms with Crippen molar-refractivity contribution in [2.75, 3.05) is 58.8 Å². The highest BCUT2D eigenvalue weighted by molar-refractivity contribution is 7.17. The fourth-order valence-corrected chi connectivity index (χ4v) is 4.74. The van der Waals surface area contributed by atoms with Gasteiger partial charge in [-0.15, -0.1) is 11.3 Å². The summed E-state index contributed by atoms with van der Waals surface area (Å²) in [7, 11) is 5.76. The molecule has 8 heteroatoms. The van der Waals surface area contributed by atoms with Crippen LogP contribution in [0.1, 0.15) is 5.82 Å².